The maximum atomic E-state index is 11.7. The summed E-state index contributed by atoms with van der Waals surface area (Å²) in [6.45, 7) is 75.4. The highest BCUT2D eigenvalue weighted by molar-refractivity contribution is 7.52. The van der Waals surface area contributed by atoms with Crippen LogP contribution in [-0.4, -0.2) is 262 Å². The van der Waals surface area contributed by atoms with Crippen molar-refractivity contribution in [2.24, 2.45) is 43.3 Å². The van der Waals surface area contributed by atoms with Crippen molar-refractivity contribution in [3.05, 3.63) is 48.6 Å². The molecule has 0 aromatic carbocycles. The molecule has 848 valence electrons. The number of carbonyl (C=O) groups is 14. The number of allylic oxidation sites excluding steroid dienone is 4. The average molecular weight is 2150 g/mol. The largest absolute Gasteiger partial charge is 0.544 e. The number of esters is 4. The van der Waals surface area contributed by atoms with Crippen molar-refractivity contribution < 1.29 is 172 Å². The number of nitrogens with one attached hydrogen (secondary N) is 4. The van der Waals surface area contributed by atoms with Gasteiger partial charge in [-0.3, -0.25) is 75.7 Å². The molecule has 144 heavy (non-hydrogen) atoms. The Morgan fingerprint density at radius 1 is 0.306 bits per heavy atom. The Bertz CT molecular complexity index is 3740. The zero-order valence-electron chi connectivity index (χ0n) is 94.5. The van der Waals surface area contributed by atoms with Crippen molar-refractivity contribution in [3.63, 3.8) is 0 Å². The number of quaternary nitrogens is 2. The van der Waals surface area contributed by atoms with Gasteiger partial charge in [-0.1, -0.05) is 165 Å². The van der Waals surface area contributed by atoms with Gasteiger partial charge < -0.3 is 108 Å². The normalized spacial score (nSPS) is 12.2. The van der Waals surface area contributed by atoms with Crippen LogP contribution in [0.4, 0.5) is 0 Å². The average Bonchev–Trinajstić information content (AvgIpc) is 0.893. The van der Waals surface area contributed by atoms with Crippen LogP contribution in [0.1, 0.15) is 337 Å². The van der Waals surface area contributed by atoms with Crippen LogP contribution in [0.25, 0.3) is 0 Å². The van der Waals surface area contributed by atoms with Gasteiger partial charge >= 0.3 is 54.7 Å². The minimum atomic E-state index is -4.46. The predicted octanol–water partition coefficient (Wildman–Crippen LogP) is 13.5. The number of hydrogen-bond donors (Lipinski definition) is 12. The Morgan fingerprint density at radius 3 is 0.597 bits per heavy atom. The Hall–Kier alpha value is -7.22. The van der Waals surface area contributed by atoms with E-state index in [1.54, 1.807) is 111 Å². The molecule has 0 rings (SSSR count). The van der Waals surface area contributed by atoms with Gasteiger partial charge in [0.15, 0.2) is 23.1 Å². The maximum Gasteiger partial charge on any atom is 0.469 e. The number of carboxylic acid groups (broad SMARTS) is 2. The van der Waals surface area contributed by atoms with Crippen LogP contribution in [0.15, 0.2) is 48.6 Å². The highest BCUT2D eigenvalue weighted by atomic mass is 31.2. The summed E-state index contributed by atoms with van der Waals surface area (Å²) in [4.78, 5) is 225. The van der Waals surface area contributed by atoms with Crippen molar-refractivity contribution in [3.8, 4) is 0 Å². The van der Waals surface area contributed by atoms with E-state index in [0.29, 0.717) is 151 Å². The third kappa shape index (κ3) is 88.8. The van der Waals surface area contributed by atoms with E-state index in [1.807, 2.05) is 138 Å². The number of aliphatic carboxylic acids is 2. The first-order valence-electron chi connectivity index (χ1n) is 48.9. The van der Waals surface area contributed by atoms with Crippen LogP contribution in [0.5, 0.6) is 0 Å². The third-order valence-corrected chi connectivity index (χ3v) is 27.6. The smallest absolute Gasteiger partial charge is 0.469 e. The Labute approximate surface area is 862 Å². The van der Waals surface area contributed by atoms with E-state index in [4.69, 9.17) is 58.1 Å². The van der Waals surface area contributed by atoms with Crippen LogP contribution in [0.2, 0.25) is 0 Å². The van der Waals surface area contributed by atoms with Crippen LogP contribution in [0.3, 0.4) is 0 Å². The second-order valence-electron chi connectivity index (χ2n) is 41.4. The molecule has 0 fully saturated rings. The second kappa shape index (κ2) is 77.2. The fourth-order valence-corrected chi connectivity index (χ4v) is 9.88. The molecule has 0 heterocycles. The van der Waals surface area contributed by atoms with Crippen molar-refractivity contribution in [1.29, 1.82) is 0 Å². The van der Waals surface area contributed by atoms with Crippen molar-refractivity contribution in [2.45, 2.75) is 348 Å². The van der Waals surface area contributed by atoms with Gasteiger partial charge in [-0.05, 0) is 195 Å². The highest BCUT2D eigenvalue weighted by Gasteiger charge is 2.34. The third-order valence-electron chi connectivity index (χ3n) is 23.6. The molecule has 0 saturated carbocycles. The fraction of sp³-hybridized carbons (Fsp3) is 0.780. The topological polar surface area (TPSA) is 619 Å². The number of likely N-dealkylation sites (N-methyl/N-ethyl adjacent to an activating group) is 2. The summed E-state index contributed by atoms with van der Waals surface area (Å²) in [7, 11) is -9.41. The molecule has 0 aliphatic carbocycles. The minimum absolute atomic E-state index is 0.0535. The standard InChI is InChI=1S/4C13H23NO2.2C12H23NO4.2C8H17O6P.2C4H11O3P/c4*1-6-13(4,5)12(16)14-9-7-8-11(15)10(2)3;2*1-6-12(2,3)11(16)17-8-7-13(4,5)9-10(14)15;2*1-4-8(2,3)7(9)13-5-6-14-15(10,11)12;2*1-3-4(2)8(5,6)7/h4*2,6-9H2,1,3-5H3,(H,14,16);2*6-9H2,1-5H3;2*4-6H2,1-3H3,(H2,10,11,12);2*4H,3H2,1-2H3,(H2,5,6,7). The number of hydrogen-bond acceptors (Lipinski definition) is 26. The lowest BCUT2D eigenvalue weighted by Gasteiger charge is -2.30. The molecule has 12 N–H and O–H groups in total. The summed E-state index contributed by atoms with van der Waals surface area (Å²) in [5.74, 6) is -2.99. The lowest BCUT2D eigenvalue weighted by Crippen LogP contribution is -2.50. The molecule has 0 aromatic heterocycles. The summed E-state index contributed by atoms with van der Waals surface area (Å²) in [5, 5.41) is 32.4. The van der Waals surface area contributed by atoms with E-state index >= 15 is 0 Å². The van der Waals surface area contributed by atoms with Crippen LogP contribution < -0.4 is 31.5 Å². The number of amides is 4. The molecule has 2 unspecified atom stereocenters. The van der Waals surface area contributed by atoms with E-state index in [-0.39, 0.29) is 142 Å². The highest BCUT2D eigenvalue weighted by Crippen LogP contribution is 2.43. The molecule has 4 amide bonds. The van der Waals surface area contributed by atoms with E-state index < -0.39 is 87.7 Å². The fourth-order valence-electron chi connectivity index (χ4n) is 8.30. The SMILES string of the molecule is C=C(C)C(=O)CCCNC(=O)C(C)(C)CC.C=C(C)C(=O)CCCNC(=O)C(C)(C)CC.C=C(C)C(=O)CCCNC(=O)C(C)(C)CC.C=C(C)C(=O)CCCNC(=O)C(C)(C)CC.CCC(C)(C)C(=O)OCCOP(=O)(O)O.CCC(C)(C)C(=O)OCCOP(=O)(O)O.CCC(C)(C)C(=O)OCC[N+](C)(C)CC(=O)[O-].CCC(C)(C)C(=O)OCC[N+](C)(C)CC(=O)[O-].CCC(C)P(=O)(O)O.CCC(C)P(=O)(O)O. The van der Waals surface area contributed by atoms with Gasteiger partial charge in [0.2, 0.25) is 23.6 Å². The van der Waals surface area contributed by atoms with Crippen molar-refractivity contribution in [2.75, 3.05) is 120 Å². The summed E-state index contributed by atoms with van der Waals surface area (Å²) in [6.07, 6.45) is 11.5. The lowest BCUT2D eigenvalue weighted by molar-refractivity contribution is -0.884. The molecule has 0 saturated heterocycles. The Morgan fingerprint density at radius 2 is 0.472 bits per heavy atom. The molecule has 0 bridgehead atoms. The lowest BCUT2D eigenvalue weighted by atomic mass is 9.89. The molecule has 2 atom stereocenters. The first kappa shape index (κ1) is 157. The van der Waals surface area contributed by atoms with E-state index in [9.17, 15) is 95.6 Å². The van der Waals surface area contributed by atoms with Gasteiger partial charge in [-0.15, -0.1) is 0 Å². The van der Waals surface area contributed by atoms with E-state index in [1.165, 1.54) is 0 Å². The van der Waals surface area contributed by atoms with Crippen LogP contribution in [0, 0.1) is 43.3 Å². The second-order valence-corrected chi connectivity index (χ2v) is 48.0. The van der Waals surface area contributed by atoms with Gasteiger partial charge in [-0.25, -0.2) is 9.13 Å². The maximum absolute atomic E-state index is 11.7. The zero-order valence-corrected chi connectivity index (χ0v) is 98.1. The summed E-state index contributed by atoms with van der Waals surface area (Å²) in [5.41, 5.74) is -2.04. The monoisotopic (exact) mass is 2150 g/mol. The van der Waals surface area contributed by atoms with Gasteiger partial charge in [0.05, 0.1) is 86.3 Å². The predicted molar refractivity (Wildman–Crippen MR) is 558 cm³/mol. The number of phosphoric acid groups is 2. The number of phosphoric ester groups is 2. The van der Waals surface area contributed by atoms with E-state index in [0.717, 1.165) is 25.7 Å². The van der Waals surface area contributed by atoms with Crippen molar-refractivity contribution >= 4 is 113 Å². The first-order valence-corrected chi connectivity index (χ1v) is 55.3. The molecular formula is C100H194N6O34P4. The summed E-state index contributed by atoms with van der Waals surface area (Å²) < 4.78 is 69.6. The van der Waals surface area contributed by atoms with Crippen molar-refractivity contribution in [1.82, 2.24) is 21.3 Å². The van der Waals surface area contributed by atoms with Gasteiger partial charge in [0, 0.05) is 73.5 Å². The number of ether oxygens (including phenoxy) is 4. The summed E-state index contributed by atoms with van der Waals surface area (Å²) in [6, 6.07) is 0. The quantitative estimate of drug-likeness (QED) is 0.00672. The molecular weight excluding hydrogens is 1950 g/mol. The Kier molecular flexibility index (Phi) is 84.1. The number of rotatable bonds is 58. The van der Waals surface area contributed by atoms with Gasteiger partial charge in [-0.2, -0.15) is 0 Å². The van der Waals surface area contributed by atoms with Crippen LogP contribution >= 0.6 is 30.8 Å². The molecule has 0 aromatic rings. The zero-order chi connectivity index (χ0) is 116. The molecule has 0 aliphatic heterocycles. The van der Waals surface area contributed by atoms with E-state index in [2.05, 4.69) is 56.6 Å². The first-order chi connectivity index (χ1) is 64.8. The molecule has 0 aliphatic rings. The summed E-state index contributed by atoms with van der Waals surface area (Å²) >= 11 is 0. The number of carboxylic acids is 2. The van der Waals surface area contributed by atoms with Gasteiger partial charge in [0.1, 0.15) is 52.6 Å². The Balaban J connectivity index is -0.000000174. The molecule has 0 spiro atoms. The minimum Gasteiger partial charge on any atom is -0.544 e. The number of nitrogens with zero attached hydrogens (tertiary/aromatic N) is 2. The number of carbonyl (C=O) groups excluding carboxylic acids is 14. The molecule has 40 nitrogen and oxygen atoms in total. The van der Waals surface area contributed by atoms with Crippen LogP contribution in [-0.2, 0) is 113 Å². The number of ketones is 4. The molecule has 0 radical (unpaired) electrons. The number of Topliss-reactive ketones (excluding diaryl/α,β-unsaturated/α-hetero) is 4. The van der Waals surface area contributed by atoms with Gasteiger partial charge in [0.25, 0.3) is 0 Å². The molecule has 44 heteroatoms.